The van der Waals surface area contributed by atoms with Gasteiger partial charge >= 0.3 is 0 Å². The summed E-state index contributed by atoms with van der Waals surface area (Å²) in [5.74, 6) is -0.0812. The van der Waals surface area contributed by atoms with Gasteiger partial charge in [-0.2, -0.15) is 5.10 Å². The molecular weight excluding hydrogens is 272 g/mol. The first-order chi connectivity index (χ1) is 9.75. The van der Waals surface area contributed by atoms with E-state index in [1.165, 1.54) is 11.3 Å². The fourth-order valence-corrected chi connectivity index (χ4v) is 3.00. The number of rotatable bonds is 3. The van der Waals surface area contributed by atoms with Crippen LogP contribution in [0, 0.1) is 6.92 Å². The van der Waals surface area contributed by atoms with Crippen molar-refractivity contribution in [2.45, 2.75) is 13.5 Å². The number of aryl methyl sites for hydroxylation is 1. The van der Waals surface area contributed by atoms with E-state index in [0.717, 1.165) is 21.3 Å². The van der Waals surface area contributed by atoms with Crippen molar-refractivity contribution in [3.8, 4) is 0 Å². The average Bonchev–Trinajstić information content (AvgIpc) is 2.84. The molecule has 3 aromatic rings. The summed E-state index contributed by atoms with van der Waals surface area (Å²) in [6.07, 6.45) is 5.06. The summed E-state index contributed by atoms with van der Waals surface area (Å²) in [4.78, 5) is 17.7. The van der Waals surface area contributed by atoms with Gasteiger partial charge in [0.2, 0.25) is 0 Å². The number of hydrogen-bond acceptors (Lipinski definition) is 5. The number of fused-ring (bicyclic) bond motifs is 1. The van der Waals surface area contributed by atoms with Gasteiger partial charge in [-0.1, -0.05) is 0 Å². The maximum absolute atomic E-state index is 12.2. The van der Waals surface area contributed by atoms with Crippen LogP contribution in [0.25, 0.3) is 10.2 Å². The zero-order valence-electron chi connectivity index (χ0n) is 10.8. The van der Waals surface area contributed by atoms with Gasteiger partial charge in [-0.15, -0.1) is 16.4 Å². The van der Waals surface area contributed by atoms with E-state index in [1.807, 2.05) is 25.1 Å². The molecule has 0 unspecified atom stereocenters. The normalized spacial score (nSPS) is 10.7. The lowest BCUT2D eigenvalue weighted by Crippen LogP contribution is -2.22. The molecule has 100 valence electrons. The van der Waals surface area contributed by atoms with Crippen molar-refractivity contribution in [3.05, 3.63) is 52.8 Å². The Kier molecular flexibility index (Phi) is 3.39. The topological polar surface area (TPSA) is 67.8 Å². The predicted molar refractivity (Wildman–Crippen MR) is 77.6 cm³/mol. The second-order valence-electron chi connectivity index (χ2n) is 4.34. The summed E-state index contributed by atoms with van der Waals surface area (Å²) in [7, 11) is 0. The Hall–Kier alpha value is -2.34. The van der Waals surface area contributed by atoms with Crippen LogP contribution in [0.2, 0.25) is 0 Å². The molecule has 1 amide bonds. The molecule has 20 heavy (non-hydrogen) atoms. The summed E-state index contributed by atoms with van der Waals surface area (Å²) in [5.41, 5.74) is 1.97. The largest absolute Gasteiger partial charge is 0.347 e. The Bertz CT molecular complexity index is 754. The number of thiophene rings is 1. The van der Waals surface area contributed by atoms with Gasteiger partial charge in [0.05, 0.1) is 11.1 Å². The molecule has 0 aliphatic rings. The Morgan fingerprint density at radius 2 is 2.05 bits per heavy atom. The second-order valence-corrected chi connectivity index (χ2v) is 5.34. The molecule has 0 aliphatic heterocycles. The van der Waals surface area contributed by atoms with Crippen molar-refractivity contribution in [1.29, 1.82) is 0 Å². The first-order valence-corrected chi connectivity index (χ1v) is 6.95. The number of hydrogen-bond donors (Lipinski definition) is 1. The van der Waals surface area contributed by atoms with Gasteiger partial charge in [-0.25, -0.2) is 0 Å². The molecule has 0 saturated carbocycles. The maximum Gasteiger partial charge on any atom is 0.261 e. The van der Waals surface area contributed by atoms with Gasteiger partial charge in [-0.3, -0.25) is 9.78 Å². The SMILES string of the molecule is Cc1c(C(=O)NCc2ccncc2)sc2nnccc12. The van der Waals surface area contributed by atoms with Crippen molar-refractivity contribution in [3.63, 3.8) is 0 Å². The molecular formula is C14H12N4OS. The highest BCUT2D eigenvalue weighted by atomic mass is 32.1. The Balaban J connectivity index is 1.81. The lowest BCUT2D eigenvalue weighted by molar-refractivity contribution is 0.0954. The van der Waals surface area contributed by atoms with E-state index < -0.39 is 0 Å². The summed E-state index contributed by atoms with van der Waals surface area (Å²) >= 11 is 1.37. The lowest BCUT2D eigenvalue weighted by atomic mass is 10.2. The van der Waals surface area contributed by atoms with Gasteiger partial charge in [0, 0.05) is 24.3 Å². The molecule has 3 rings (SSSR count). The summed E-state index contributed by atoms with van der Waals surface area (Å²) in [6, 6.07) is 5.64. The van der Waals surface area contributed by atoms with E-state index in [4.69, 9.17) is 0 Å². The molecule has 0 bridgehead atoms. The number of nitrogens with one attached hydrogen (secondary N) is 1. The molecule has 0 fully saturated rings. The lowest BCUT2D eigenvalue weighted by Gasteiger charge is -2.04. The van der Waals surface area contributed by atoms with Crippen molar-refractivity contribution < 1.29 is 4.79 Å². The number of carbonyl (C=O) groups is 1. The van der Waals surface area contributed by atoms with Gasteiger partial charge in [0.15, 0.2) is 0 Å². The molecule has 6 heteroatoms. The minimum Gasteiger partial charge on any atom is -0.347 e. The molecule has 1 N–H and O–H groups in total. The molecule has 0 saturated heterocycles. The highest BCUT2D eigenvalue weighted by Gasteiger charge is 2.15. The quantitative estimate of drug-likeness (QED) is 0.801. The van der Waals surface area contributed by atoms with E-state index >= 15 is 0 Å². The Morgan fingerprint density at radius 1 is 1.25 bits per heavy atom. The van der Waals surface area contributed by atoms with Gasteiger partial charge < -0.3 is 5.32 Å². The van der Waals surface area contributed by atoms with Crippen LogP contribution < -0.4 is 5.32 Å². The molecule has 0 aliphatic carbocycles. The highest BCUT2D eigenvalue weighted by molar-refractivity contribution is 7.20. The van der Waals surface area contributed by atoms with Crippen LogP contribution in [0.4, 0.5) is 0 Å². The molecule has 0 aromatic carbocycles. The maximum atomic E-state index is 12.2. The zero-order chi connectivity index (χ0) is 13.9. The number of pyridine rings is 1. The summed E-state index contributed by atoms with van der Waals surface area (Å²) < 4.78 is 0. The van der Waals surface area contributed by atoms with Crippen LogP contribution in [0.15, 0.2) is 36.8 Å². The fraction of sp³-hybridized carbons (Fsp3) is 0.143. The smallest absolute Gasteiger partial charge is 0.261 e. The monoisotopic (exact) mass is 284 g/mol. The Labute approximate surface area is 119 Å². The van der Waals surface area contributed by atoms with Crippen LogP contribution in [0.1, 0.15) is 20.8 Å². The van der Waals surface area contributed by atoms with Crippen molar-refractivity contribution >= 4 is 27.5 Å². The number of carbonyl (C=O) groups excluding carboxylic acids is 1. The van der Waals surface area contributed by atoms with Crippen molar-refractivity contribution in [2.75, 3.05) is 0 Å². The third-order valence-corrected chi connectivity index (χ3v) is 4.23. The minimum atomic E-state index is -0.0812. The van der Waals surface area contributed by atoms with Crippen LogP contribution in [-0.4, -0.2) is 21.1 Å². The second kappa shape index (κ2) is 5.34. The predicted octanol–water partition coefficient (Wildman–Crippen LogP) is 2.32. The highest BCUT2D eigenvalue weighted by Crippen LogP contribution is 2.28. The molecule has 3 heterocycles. The third-order valence-electron chi connectivity index (χ3n) is 3.04. The van der Waals surface area contributed by atoms with E-state index in [9.17, 15) is 4.79 Å². The first-order valence-electron chi connectivity index (χ1n) is 6.13. The van der Waals surface area contributed by atoms with Gasteiger partial charge in [0.1, 0.15) is 4.83 Å². The molecule has 0 radical (unpaired) electrons. The number of amides is 1. The van der Waals surface area contributed by atoms with E-state index in [2.05, 4.69) is 20.5 Å². The van der Waals surface area contributed by atoms with Crippen LogP contribution in [-0.2, 0) is 6.54 Å². The van der Waals surface area contributed by atoms with Gasteiger partial charge in [0.25, 0.3) is 5.91 Å². The van der Waals surface area contributed by atoms with Crippen molar-refractivity contribution in [1.82, 2.24) is 20.5 Å². The zero-order valence-corrected chi connectivity index (χ0v) is 11.6. The van der Waals surface area contributed by atoms with Gasteiger partial charge in [-0.05, 0) is 36.2 Å². The molecule has 0 atom stereocenters. The van der Waals surface area contributed by atoms with E-state index in [0.29, 0.717) is 11.4 Å². The minimum absolute atomic E-state index is 0.0812. The number of aromatic nitrogens is 3. The number of nitrogens with zero attached hydrogens (tertiary/aromatic N) is 3. The third kappa shape index (κ3) is 2.37. The van der Waals surface area contributed by atoms with Crippen LogP contribution in [0.3, 0.4) is 0 Å². The molecule has 0 spiro atoms. The van der Waals surface area contributed by atoms with Crippen LogP contribution >= 0.6 is 11.3 Å². The van der Waals surface area contributed by atoms with E-state index in [-0.39, 0.29) is 5.91 Å². The summed E-state index contributed by atoms with van der Waals surface area (Å²) in [5, 5.41) is 11.8. The Morgan fingerprint density at radius 3 is 2.80 bits per heavy atom. The average molecular weight is 284 g/mol. The summed E-state index contributed by atoms with van der Waals surface area (Å²) in [6.45, 7) is 2.42. The molecule has 3 aromatic heterocycles. The van der Waals surface area contributed by atoms with Crippen LogP contribution in [0.5, 0.6) is 0 Å². The van der Waals surface area contributed by atoms with E-state index in [1.54, 1.807) is 18.6 Å². The fourth-order valence-electron chi connectivity index (χ4n) is 1.96. The standard InChI is InChI=1S/C14H12N4OS/c1-9-11-4-7-17-18-14(11)20-12(9)13(19)16-8-10-2-5-15-6-3-10/h2-7H,8H2,1H3,(H,16,19). The molecule has 5 nitrogen and oxygen atoms in total. The van der Waals surface area contributed by atoms with Crippen molar-refractivity contribution in [2.24, 2.45) is 0 Å². The first kappa shape index (κ1) is 12.7.